The number of hydrogen-bond acceptors (Lipinski definition) is 3. The molecule has 1 aliphatic heterocycles. The lowest BCUT2D eigenvalue weighted by Gasteiger charge is -2.31. The average molecular weight is 244 g/mol. The third-order valence-electron chi connectivity index (χ3n) is 2.95. The zero-order valence-electron chi connectivity index (χ0n) is 10.8. The Hall–Kier alpha value is -0.220. The Kier molecular flexibility index (Phi) is 5.62. The van der Waals surface area contributed by atoms with E-state index in [1.165, 1.54) is 18.6 Å². The normalized spacial score (nSPS) is 23.2. The molecular weight excluding hydrogens is 220 g/mol. The van der Waals surface area contributed by atoms with Crippen molar-refractivity contribution in [3.63, 3.8) is 0 Å². The highest BCUT2D eigenvalue weighted by Crippen LogP contribution is 2.18. The van der Waals surface area contributed by atoms with E-state index in [2.05, 4.69) is 19.2 Å². The molecule has 2 atom stereocenters. The lowest BCUT2D eigenvalue weighted by Crippen LogP contribution is -2.52. The van der Waals surface area contributed by atoms with E-state index in [0.29, 0.717) is 12.0 Å². The van der Waals surface area contributed by atoms with E-state index in [4.69, 9.17) is 0 Å². The van der Waals surface area contributed by atoms with Crippen molar-refractivity contribution in [1.82, 2.24) is 10.2 Å². The molecule has 4 heteroatoms. The fourth-order valence-electron chi connectivity index (χ4n) is 1.95. The van der Waals surface area contributed by atoms with E-state index in [0.717, 1.165) is 5.75 Å². The molecule has 1 saturated heterocycles. The summed E-state index contributed by atoms with van der Waals surface area (Å²) in [5, 5.41) is 3.52. The number of hydrogen-bond donors (Lipinski definition) is 1. The van der Waals surface area contributed by atoms with Gasteiger partial charge in [0.15, 0.2) is 0 Å². The Labute approximate surface area is 103 Å². The zero-order valence-corrected chi connectivity index (χ0v) is 11.6. The maximum atomic E-state index is 12.0. The molecule has 94 valence electrons. The van der Waals surface area contributed by atoms with Crippen LogP contribution in [0.3, 0.4) is 0 Å². The van der Waals surface area contributed by atoms with E-state index in [1.807, 2.05) is 25.9 Å². The summed E-state index contributed by atoms with van der Waals surface area (Å²) >= 11 is 1.99. The minimum Gasteiger partial charge on any atom is -0.347 e. The van der Waals surface area contributed by atoms with E-state index < -0.39 is 0 Å². The van der Waals surface area contributed by atoms with Gasteiger partial charge in [-0.3, -0.25) is 4.79 Å². The van der Waals surface area contributed by atoms with Gasteiger partial charge in [0.05, 0.1) is 6.04 Å². The van der Waals surface area contributed by atoms with Gasteiger partial charge < -0.3 is 10.2 Å². The molecule has 1 amide bonds. The van der Waals surface area contributed by atoms with Gasteiger partial charge in [-0.05, 0) is 24.5 Å². The van der Waals surface area contributed by atoms with Gasteiger partial charge in [0.2, 0.25) is 5.91 Å². The molecule has 2 unspecified atom stereocenters. The molecule has 0 radical (unpaired) electrons. The maximum Gasteiger partial charge on any atom is 0.239 e. The first-order valence-corrected chi connectivity index (χ1v) is 7.22. The van der Waals surface area contributed by atoms with Crippen molar-refractivity contribution in [2.45, 2.75) is 38.8 Å². The van der Waals surface area contributed by atoms with E-state index in [-0.39, 0.29) is 11.9 Å². The van der Waals surface area contributed by atoms with Crippen LogP contribution in [0.25, 0.3) is 0 Å². The van der Waals surface area contributed by atoms with Crippen molar-refractivity contribution in [3.8, 4) is 0 Å². The third-order valence-corrected chi connectivity index (χ3v) is 4.16. The van der Waals surface area contributed by atoms with Crippen LogP contribution in [-0.2, 0) is 4.79 Å². The largest absolute Gasteiger partial charge is 0.347 e. The molecule has 1 N–H and O–H groups in total. The number of carbonyl (C=O) groups is 1. The molecule has 0 aliphatic carbocycles. The molecule has 0 aromatic heterocycles. The number of amides is 1. The molecule has 1 heterocycles. The van der Waals surface area contributed by atoms with E-state index in [9.17, 15) is 4.79 Å². The van der Waals surface area contributed by atoms with Crippen molar-refractivity contribution in [3.05, 3.63) is 0 Å². The summed E-state index contributed by atoms with van der Waals surface area (Å²) in [6.45, 7) is 4.21. The molecule has 0 spiro atoms. The Morgan fingerprint density at radius 1 is 1.44 bits per heavy atom. The second-order valence-electron chi connectivity index (χ2n) is 5.04. The monoisotopic (exact) mass is 244 g/mol. The van der Waals surface area contributed by atoms with Crippen LogP contribution >= 0.6 is 11.8 Å². The summed E-state index contributed by atoms with van der Waals surface area (Å²) in [7, 11) is 3.66. The first kappa shape index (κ1) is 13.8. The van der Waals surface area contributed by atoms with Gasteiger partial charge in [-0.25, -0.2) is 0 Å². The smallest absolute Gasteiger partial charge is 0.239 e. The summed E-state index contributed by atoms with van der Waals surface area (Å²) < 4.78 is 0. The number of nitrogens with zero attached hydrogens (tertiary/aromatic N) is 1. The van der Waals surface area contributed by atoms with Crippen LogP contribution in [0.4, 0.5) is 0 Å². The van der Waals surface area contributed by atoms with Gasteiger partial charge >= 0.3 is 0 Å². The highest BCUT2D eigenvalue weighted by Gasteiger charge is 2.27. The van der Waals surface area contributed by atoms with Crippen molar-refractivity contribution in [1.29, 1.82) is 0 Å². The van der Waals surface area contributed by atoms with Crippen molar-refractivity contribution < 1.29 is 4.79 Å². The van der Waals surface area contributed by atoms with Gasteiger partial charge in [0.1, 0.15) is 0 Å². The summed E-state index contributed by atoms with van der Waals surface area (Å²) in [4.78, 5) is 13.7. The van der Waals surface area contributed by atoms with E-state index >= 15 is 0 Å². The molecule has 0 bridgehead atoms. The first-order chi connectivity index (χ1) is 7.52. The minimum atomic E-state index is -0.0290. The van der Waals surface area contributed by atoms with Gasteiger partial charge in [0.25, 0.3) is 0 Å². The molecule has 1 fully saturated rings. The lowest BCUT2D eigenvalue weighted by molar-refractivity contribution is -0.132. The van der Waals surface area contributed by atoms with Crippen LogP contribution in [0.15, 0.2) is 0 Å². The molecule has 0 aromatic carbocycles. The van der Waals surface area contributed by atoms with Crippen LogP contribution < -0.4 is 5.32 Å². The molecule has 1 aliphatic rings. The summed E-state index contributed by atoms with van der Waals surface area (Å²) in [5.41, 5.74) is 0. The predicted octanol–water partition coefficient (Wildman–Crippen LogP) is 1.58. The minimum absolute atomic E-state index is 0.0290. The Morgan fingerprint density at radius 2 is 2.12 bits per heavy atom. The highest BCUT2D eigenvalue weighted by atomic mass is 32.2. The van der Waals surface area contributed by atoms with Crippen LogP contribution in [0, 0.1) is 5.92 Å². The van der Waals surface area contributed by atoms with E-state index in [1.54, 1.807) is 4.90 Å². The van der Waals surface area contributed by atoms with Crippen molar-refractivity contribution in [2.24, 2.45) is 5.92 Å². The fourth-order valence-corrected chi connectivity index (χ4v) is 3.04. The molecule has 16 heavy (non-hydrogen) atoms. The molecular formula is C12H24N2OS. The van der Waals surface area contributed by atoms with Crippen LogP contribution in [0.1, 0.15) is 26.7 Å². The number of nitrogens with one attached hydrogen (secondary N) is 1. The number of carbonyl (C=O) groups excluding carboxylic acids is 1. The fraction of sp³-hybridized carbons (Fsp3) is 0.917. The number of thioether (sulfide) groups is 1. The quantitative estimate of drug-likeness (QED) is 0.815. The van der Waals surface area contributed by atoms with Gasteiger partial charge in [-0.1, -0.05) is 13.8 Å². The van der Waals surface area contributed by atoms with Crippen LogP contribution in [0.5, 0.6) is 0 Å². The van der Waals surface area contributed by atoms with Crippen molar-refractivity contribution in [2.75, 3.05) is 25.6 Å². The Balaban J connectivity index is 2.53. The average Bonchev–Trinajstić information content (AvgIpc) is 2.26. The van der Waals surface area contributed by atoms with Crippen molar-refractivity contribution >= 4 is 17.7 Å². The second-order valence-corrected chi connectivity index (χ2v) is 6.18. The van der Waals surface area contributed by atoms with Gasteiger partial charge in [-0.2, -0.15) is 11.8 Å². The summed E-state index contributed by atoms with van der Waals surface area (Å²) in [6, 6.07) is 0.480. The standard InChI is InChI=1S/C12H24N2OS/c1-9(2)11(12(15)14(3)4)13-10-6-5-7-16-8-10/h9-11,13H,5-8H2,1-4H3. The van der Waals surface area contributed by atoms with Crippen LogP contribution in [-0.4, -0.2) is 48.5 Å². The van der Waals surface area contributed by atoms with Gasteiger partial charge in [0, 0.05) is 25.9 Å². The van der Waals surface area contributed by atoms with Crippen LogP contribution in [0.2, 0.25) is 0 Å². The molecule has 3 nitrogen and oxygen atoms in total. The number of likely N-dealkylation sites (N-methyl/N-ethyl adjacent to an activating group) is 1. The summed E-state index contributed by atoms with van der Waals surface area (Å²) in [6.07, 6.45) is 2.47. The second kappa shape index (κ2) is 6.50. The molecule has 1 rings (SSSR count). The lowest BCUT2D eigenvalue weighted by atomic mass is 10.0. The molecule has 0 saturated carbocycles. The number of rotatable bonds is 4. The van der Waals surface area contributed by atoms with Gasteiger partial charge in [-0.15, -0.1) is 0 Å². The maximum absolute atomic E-state index is 12.0. The Morgan fingerprint density at radius 3 is 2.56 bits per heavy atom. The zero-order chi connectivity index (χ0) is 12.1. The SMILES string of the molecule is CC(C)C(NC1CCCSC1)C(=O)N(C)C. The Bertz CT molecular complexity index is 225. The predicted molar refractivity (Wildman–Crippen MR) is 70.8 cm³/mol. The highest BCUT2D eigenvalue weighted by molar-refractivity contribution is 7.99. The summed E-state index contributed by atoms with van der Waals surface area (Å²) in [5.74, 6) is 2.96. The molecule has 0 aromatic rings. The topological polar surface area (TPSA) is 32.3 Å². The first-order valence-electron chi connectivity index (χ1n) is 6.07. The third kappa shape index (κ3) is 3.98.